The first-order valence-corrected chi connectivity index (χ1v) is 14.4. The van der Waals surface area contributed by atoms with Crippen molar-refractivity contribution < 1.29 is 23.7 Å². The van der Waals surface area contributed by atoms with Crippen molar-refractivity contribution >= 4 is 5.69 Å². The minimum Gasteiger partial charge on any atom is -0.493 e. The van der Waals surface area contributed by atoms with Crippen molar-refractivity contribution in [1.82, 2.24) is 10.3 Å². The molecular formula is C32H41N3O5. The van der Waals surface area contributed by atoms with Crippen molar-refractivity contribution in [3.63, 3.8) is 0 Å². The summed E-state index contributed by atoms with van der Waals surface area (Å²) in [7, 11) is 1.75. The fourth-order valence-electron chi connectivity index (χ4n) is 5.30. The van der Waals surface area contributed by atoms with Gasteiger partial charge in [-0.1, -0.05) is 24.3 Å². The van der Waals surface area contributed by atoms with Crippen molar-refractivity contribution in [3.8, 4) is 17.4 Å². The zero-order chi connectivity index (χ0) is 27.4. The topological polar surface area (TPSA) is 74.3 Å². The molecule has 2 unspecified atom stereocenters. The van der Waals surface area contributed by atoms with Crippen LogP contribution in [0.15, 0.2) is 66.9 Å². The van der Waals surface area contributed by atoms with E-state index in [2.05, 4.69) is 57.7 Å². The summed E-state index contributed by atoms with van der Waals surface area (Å²) < 4.78 is 29.3. The highest BCUT2D eigenvalue weighted by Crippen LogP contribution is 2.34. The van der Waals surface area contributed by atoms with Crippen LogP contribution in [0.5, 0.6) is 17.4 Å². The minimum atomic E-state index is 0.106. The Bertz CT molecular complexity index is 1160. The quantitative estimate of drug-likeness (QED) is 0.288. The van der Waals surface area contributed by atoms with E-state index in [1.54, 1.807) is 13.3 Å². The van der Waals surface area contributed by atoms with Gasteiger partial charge in [-0.2, -0.15) is 0 Å². The lowest BCUT2D eigenvalue weighted by Gasteiger charge is -2.33. The molecule has 2 aromatic carbocycles. The molecule has 5 rings (SSSR count). The number of ether oxygens (including phenoxy) is 5. The summed E-state index contributed by atoms with van der Waals surface area (Å²) >= 11 is 0. The van der Waals surface area contributed by atoms with E-state index in [1.165, 1.54) is 11.1 Å². The van der Waals surface area contributed by atoms with Gasteiger partial charge in [0.05, 0.1) is 38.2 Å². The molecule has 8 nitrogen and oxygen atoms in total. The smallest absolute Gasteiger partial charge is 0.213 e. The summed E-state index contributed by atoms with van der Waals surface area (Å²) in [4.78, 5) is 6.56. The van der Waals surface area contributed by atoms with E-state index in [0.717, 1.165) is 75.8 Å². The standard InChI is InChI=1S/C32H41N3O5/c1-36-18-4-16-35-17-21-38-30-12-7-25(22-29(30)35)24-40-31-23-33-15-13-28(31)26-8-10-27(11-9-26)37-19-5-20-39-32-6-2-3-14-34-32/h2-3,6-12,14,22,28,31,33H,4-5,13,15-21,23-24H2,1H3. The number of rotatable bonds is 14. The molecule has 0 bridgehead atoms. The Balaban J connectivity index is 1.12. The van der Waals surface area contributed by atoms with Crippen LogP contribution in [0.1, 0.15) is 36.3 Å². The molecule has 2 atom stereocenters. The zero-order valence-corrected chi connectivity index (χ0v) is 23.4. The predicted octanol–water partition coefficient (Wildman–Crippen LogP) is 4.83. The number of nitrogens with zero attached hydrogens (tertiary/aromatic N) is 2. The van der Waals surface area contributed by atoms with Gasteiger partial charge in [-0.15, -0.1) is 0 Å². The van der Waals surface area contributed by atoms with Gasteiger partial charge in [-0.05, 0) is 60.8 Å². The maximum Gasteiger partial charge on any atom is 0.213 e. The molecule has 0 aliphatic carbocycles. The number of piperidine rings is 1. The minimum absolute atomic E-state index is 0.106. The molecule has 2 aliphatic rings. The number of pyridine rings is 1. The summed E-state index contributed by atoms with van der Waals surface area (Å²) in [6.45, 7) is 6.92. The van der Waals surface area contributed by atoms with Crippen LogP contribution in [0.4, 0.5) is 5.69 Å². The average Bonchev–Trinajstić information content (AvgIpc) is 3.01. The van der Waals surface area contributed by atoms with Crippen LogP contribution in [0.3, 0.4) is 0 Å². The van der Waals surface area contributed by atoms with Gasteiger partial charge in [-0.25, -0.2) is 4.98 Å². The second-order valence-electron chi connectivity index (χ2n) is 10.2. The van der Waals surface area contributed by atoms with Crippen molar-refractivity contribution in [2.45, 2.75) is 37.9 Å². The van der Waals surface area contributed by atoms with Crippen molar-refractivity contribution in [2.24, 2.45) is 0 Å². The van der Waals surface area contributed by atoms with E-state index in [4.69, 9.17) is 23.7 Å². The molecule has 3 heterocycles. The number of fused-ring (bicyclic) bond motifs is 1. The number of nitrogens with one attached hydrogen (secondary N) is 1. The van der Waals surface area contributed by atoms with Crippen molar-refractivity contribution in [2.75, 3.05) is 64.6 Å². The van der Waals surface area contributed by atoms with Gasteiger partial charge < -0.3 is 33.9 Å². The molecule has 2 aliphatic heterocycles. The van der Waals surface area contributed by atoms with E-state index < -0.39 is 0 Å². The number of hydrogen-bond acceptors (Lipinski definition) is 8. The summed E-state index contributed by atoms with van der Waals surface area (Å²) in [6.07, 6.45) is 4.67. The molecule has 1 aromatic heterocycles. The van der Waals surface area contributed by atoms with E-state index in [9.17, 15) is 0 Å². The molecule has 1 N–H and O–H groups in total. The summed E-state index contributed by atoms with van der Waals surface area (Å²) in [5.74, 6) is 2.81. The highest BCUT2D eigenvalue weighted by molar-refractivity contribution is 5.61. The normalized spacial score (nSPS) is 18.6. The highest BCUT2D eigenvalue weighted by Gasteiger charge is 2.27. The Morgan fingerprint density at radius 2 is 1.90 bits per heavy atom. The fourth-order valence-corrected chi connectivity index (χ4v) is 5.30. The van der Waals surface area contributed by atoms with Gasteiger partial charge in [0.15, 0.2) is 0 Å². The molecule has 0 saturated carbocycles. The maximum absolute atomic E-state index is 6.53. The lowest BCUT2D eigenvalue weighted by Crippen LogP contribution is -2.41. The molecule has 1 fully saturated rings. The largest absolute Gasteiger partial charge is 0.493 e. The van der Waals surface area contributed by atoms with Crippen molar-refractivity contribution in [3.05, 3.63) is 78.0 Å². The van der Waals surface area contributed by atoms with Crippen LogP contribution in [0, 0.1) is 0 Å². The second-order valence-corrected chi connectivity index (χ2v) is 10.2. The van der Waals surface area contributed by atoms with Gasteiger partial charge in [0.2, 0.25) is 5.88 Å². The Morgan fingerprint density at radius 1 is 1.00 bits per heavy atom. The van der Waals surface area contributed by atoms with Crippen LogP contribution >= 0.6 is 0 Å². The van der Waals surface area contributed by atoms with Gasteiger partial charge in [0, 0.05) is 51.4 Å². The number of aromatic nitrogens is 1. The van der Waals surface area contributed by atoms with Crippen LogP contribution < -0.4 is 24.4 Å². The first-order chi connectivity index (χ1) is 19.8. The lowest BCUT2D eigenvalue weighted by molar-refractivity contribution is 0.0106. The molecule has 0 spiro atoms. The molecular weight excluding hydrogens is 506 g/mol. The first kappa shape index (κ1) is 28.2. The molecule has 40 heavy (non-hydrogen) atoms. The Labute approximate surface area is 237 Å². The zero-order valence-electron chi connectivity index (χ0n) is 23.4. The fraction of sp³-hybridized carbons (Fsp3) is 0.469. The van der Waals surface area contributed by atoms with Crippen LogP contribution in [0.25, 0.3) is 0 Å². The molecule has 8 heteroatoms. The Hall–Kier alpha value is -3.33. The Morgan fingerprint density at radius 3 is 2.75 bits per heavy atom. The monoisotopic (exact) mass is 547 g/mol. The molecule has 1 saturated heterocycles. The Kier molecular flexibility index (Phi) is 10.5. The third-order valence-electron chi connectivity index (χ3n) is 7.40. The number of anilines is 1. The van der Waals surface area contributed by atoms with Gasteiger partial charge in [0.1, 0.15) is 18.1 Å². The SMILES string of the molecule is COCCCN1CCOc2ccc(COC3CNCCC3c3ccc(OCCCOc4ccccn4)cc3)cc21. The van der Waals surface area contributed by atoms with Crippen LogP contribution in [-0.2, 0) is 16.1 Å². The summed E-state index contributed by atoms with van der Waals surface area (Å²) in [6, 6.07) is 20.6. The molecule has 3 aromatic rings. The van der Waals surface area contributed by atoms with E-state index in [1.807, 2.05) is 18.2 Å². The van der Waals surface area contributed by atoms with Crippen molar-refractivity contribution in [1.29, 1.82) is 0 Å². The highest BCUT2D eigenvalue weighted by atomic mass is 16.5. The molecule has 0 radical (unpaired) electrons. The summed E-state index contributed by atoms with van der Waals surface area (Å²) in [5, 5.41) is 3.51. The van der Waals surface area contributed by atoms with E-state index >= 15 is 0 Å². The lowest BCUT2D eigenvalue weighted by atomic mass is 9.87. The van der Waals surface area contributed by atoms with E-state index in [-0.39, 0.29) is 6.10 Å². The third kappa shape index (κ3) is 7.87. The maximum atomic E-state index is 6.53. The third-order valence-corrected chi connectivity index (χ3v) is 7.40. The summed E-state index contributed by atoms with van der Waals surface area (Å²) in [5.41, 5.74) is 3.61. The molecule has 0 amide bonds. The van der Waals surface area contributed by atoms with Gasteiger partial charge in [-0.3, -0.25) is 0 Å². The second kappa shape index (κ2) is 14.9. The predicted molar refractivity (Wildman–Crippen MR) is 156 cm³/mol. The van der Waals surface area contributed by atoms with Crippen LogP contribution in [-0.4, -0.2) is 70.8 Å². The number of benzene rings is 2. The van der Waals surface area contributed by atoms with Gasteiger partial charge >= 0.3 is 0 Å². The van der Waals surface area contributed by atoms with Crippen LogP contribution in [0.2, 0.25) is 0 Å². The first-order valence-electron chi connectivity index (χ1n) is 14.4. The number of hydrogen-bond donors (Lipinski definition) is 1. The van der Waals surface area contributed by atoms with E-state index in [0.29, 0.717) is 31.6 Å². The number of methoxy groups -OCH3 is 1. The molecule has 214 valence electrons. The average molecular weight is 548 g/mol. The van der Waals surface area contributed by atoms with Gasteiger partial charge in [0.25, 0.3) is 0 Å².